The van der Waals surface area contributed by atoms with Crippen LogP contribution in [0.15, 0.2) is 64.3 Å². The highest BCUT2D eigenvalue weighted by Crippen LogP contribution is 2.33. The van der Waals surface area contributed by atoms with Gasteiger partial charge in [0.1, 0.15) is 10.6 Å². The molecule has 0 aliphatic carbocycles. The van der Waals surface area contributed by atoms with E-state index in [1.807, 2.05) is 12.1 Å². The molecule has 0 spiro atoms. The minimum absolute atomic E-state index is 0.133. The zero-order valence-electron chi connectivity index (χ0n) is 17.6. The van der Waals surface area contributed by atoms with E-state index in [-0.39, 0.29) is 29.7 Å². The number of benzene rings is 1. The number of sulfonamides is 1. The third kappa shape index (κ3) is 4.14. The number of aromatic nitrogens is 4. The van der Waals surface area contributed by atoms with Gasteiger partial charge >= 0.3 is 6.18 Å². The second-order valence-corrected chi connectivity index (χ2v) is 9.80. The van der Waals surface area contributed by atoms with E-state index in [9.17, 15) is 21.6 Å². The summed E-state index contributed by atoms with van der Waals surface area (Å²) in [4.78, 5) is 12.1. The minimum Gasteiger partial charge on any atom is -0.339 e. The first-order chi connectivity index (χ1) is 16.2. The van der Waals surface area contributed by atoms with Gasteiger partial charge in [0, 0.05) is 42.4 Å². The molecule has 0 unspecified atom stereocenters. The third-order valence-electron chi connectivity index (χ3n) is 5.77. The molecule has 0 radical (unpaired) electrons. The third-order valence-corrected chi connectivity index (χ3v) is 7.70. The van der Waals surface area contributed by atoms with E-state index in [0.717, 1.165) is 17.6 Å². The fourth-order valence-corrected chi connectivity index (χ4v) is 5.61. The summed E-state index contributed by atoms with van der Waals surface area (Å²) in [7, 11) is -3.74. The van der Waals surface area contributed by atoms with Gasteiger partial charge in [0.2, 0.25) is 21.7 Å². The number of fused-ring (bicyclic) bond motifs is 1. The van der Waals surface area contributed by atoms with E-state index in [2.05, 4.69) is 20.1 Å². The molecule has 1 fully saturated rings. The SMILES string of the molecule is O=S(=O)(c1cccc2cccnc12)N1CCC(c2nc(-c3ccc(C(F)(F)F)nc3)no2)CC1. The summed E-state index contributed by atoms with van der Waals surface area (Å²) < 4.78 is 71.4. The van der Waals surface area contributed by atoms with Gasteiger partial charge in [-0.25, -0.2) is 8.42 Å². The van der Waals surface area contributed by atoms with Gasteiger partial charge in [0.25, 0.3) is 0 Å². The van der Waals surface area contributed by atoms with Gasteiger partial charge in [-0.15, -0.1) is 0 Å². The van der Waals surface area contributed by atoms with Gasteiger partial charge in [0.05, 0.1) is 5.52 Å². The standard InChI is InChI=1S/C22H18F3N5O3S/c23-22(24,25)18-7-6-16(13-27-18)20-28-21(33-29-20)15-8-11-30(12-9-15)34(31,32)17-5-1-3-14-4-2-10-26-19(14)17/h1-7,10,13,15H,8-9,11-12H2. The molecular formula is C22H18F3N5O3S. The van der Waals surface area contributed by atoms with Crippen LogP contribution in [0.1, 0.15) is 30.3 Å². The van der Waals surface area contributed by atoms with E-state index < -0.39 is 21.9 Å². The van der Waals surface area contributed by atoms with Gasteiger partial charge in [-0.05, 0) is 37.1 Å². The molecule has 12 heteroatoms. The summed E-state index contributed by atoms with van der Waals surface area (Å²) in [5, 5.41) is 4.60. The molecule has 0 amide bonds. The Hall–Kier alpha value is -3.38. The Morgan fingerprint density at radius 3 is 2.47 bits per heavy atom. The number of piperidine rings is 1. The highest BCUT2D eigenvalue weighted by Gasteiger charge is 2.34. The van der Waals surface area contributed by atoms with Crippen molar-refractivity contribution in [2.45, 2.75) is 29.8 Å². The zero-order valence-corrected chi connectivity index (χ0v) is 18.4. The Morgan fingerprint density at radius 1 is 1.00 bits per heavy atom. The van der Waals surface area contributed by atoms with Crippen LogP contribution in [-0.2, 0) is 16.2 Å². The van der Waals surface area contributed by atoms with Crippen molar-refractivity contribution in [3.05, 3.63) is 66.4 Å². The van der Waals surface area contributed by atoms with E-state index in [0.29, 0.717) is 29.8 Å². The first-order valence-corrected chi connectivity index (χ1v) is 11.9. The van der Waals surface area contributed by atoms with Crippen molar-refractivity contribution in [3.63, 3.8) is 0 Å². The monoisotopic (exact) mass is 489 g/mol. The summed E-state index contributed by atoms with van der Waals surface area (Å²) in [5.74, 6) is 0.285. The van der Waals surface area contributed by atoms with E-state index in [1.54, 1.807) is 24.4 Å². The minimum atomic E-state index is -4.53. The molecular weight excluding hydrogens is 471 g/mol. The molecule has 4 heterocycles. The number of nitrogens with zero attached hydrogens (tertiary/aromatic N) is 5. The van der Waals surface area contributed by atoms with Crippen molar-refractivity contribution >= 4 is 20.9 Å². The van der Waals surface area contributed by atoms with Crippen LogP contribution in [0.5, 0.6) is 0 Å². The highest BCUT2D eigenvalue weighted by molar-refractivity contribution is 7.89. The number of alkyl halides is 3. The molecule has 0 saturated carbocycles. The van der Waals surface area contributed by atoms with E-state index >= 15 is 0 Å². The highest BCUT2D eigenvalue weighted by atomic mass is 32.2. The molecule has 1 aromatic carbocycles. The van der Waals surface area contributed by atoms with Crippen LogP contribution < -0.4 is 0 Å². The fourth-order valence-electron chi connectivity index (χ4n) is 3.98. The van der Waals surface area contributed by atoms with Gasteiger partial charge in [-0.2, -0.15) is 22.5 Å². The lowest BCUT2D eigenvalue weighted by Gasteiger charge is -2.29. The maximum absolute atomic E-state index is 13.3. The van der Waals surface area contributed by atoms with Crippen molar-refractivity contribution in [2.75, 3.05) is 13.1 Å². The maximum Gasteiger partial charge on any atom is 0.433 e. The van der Waals surface area contributed by atoms with Crippen molar-refractivity contribution in [2.24, 2.45) is 0 Å². The van der Waals surface area contributed by atoms with Crippen LogP contribution in [0, 0.1) is 0 Å². The molecule has 1 saturated heterocycles. The van der Waals surface area contributed by atoms with E-state index in [4.69, 9.17) is 4.52 Å². The van der Waals surface area contributed by atoms with E-state index in [1.165, 1.54) is 10.4 Å². The topological polar surface area (TPSA) is 102 Å². The molecule has 176 valence electrons. The molecule has 0 N–H and O–H groups in total. The van der Waals surface area contributed by atoms with Crippen molar-refractivity contribution in [1.29, 1.82) is 0 Å². The van der Waals surface area contributed by atoms with Crippen LogP contribution in [0.3, 0.4) is 0 Å². The number of hydrogen-bond acceptors (Lipinski definition) is 7. The Morgan fingerprint density at radius 2 is 1.76 bits per heavy atom. The lowest BCUT2D eigenvalue weighted by atomic mass is 9.98. The van der Waals surface area contributed by atoms with Crippen LogP contribution in [-0.4, -0.2) is 45.9 Å². The Bertz CT molecular complexity index is 1420. The second kappa shape index (κ2) is 8.44. The normalized spacial score (nSPS) is 16.2. The molecule has 3 aromatic heterocycles. The quantitative estimate of drug-likeness (QED) is 0.422. The number of para-hydroxylation sites is 1. The number of hydrogen-bond donors (Lipinski definition) is 0. The molecule has 5 rings (SSSR count). The molecule has 1 aliphatic rings. The summed E-state index contributed by atoms with van der Waals surface area (Å²) >= 11 is 0. The van der Waals surface area contributed by atoms with Gasteiger partial charge in [-0.1, -0.05) is 23.4 Å². The number of pyridine rings is 2. The van der Waals surface area contributed by atoms with Gasteiger partial charge in [-0.3, -0.25) is 9.97 Å². The smallest absolute Gasteiger partial charge is 0.339 e. The second-order valence-electron chi connectivity index (χ2n) is 7.90. The fraction of sp³-hybridized carbons (Fsp3) is 0.273. The Balaban J connectivity index is 1.30. The largest absolute Gasteiger partial charge is 0.433 e. The summed E-state index contributed by atoms with van der Waals surface area (Å²) in [5.41, 5.74) is -0.278. The van der Waals surface area contributed by atoms with Crippen LogP contribution in [0.25, 0.3) is 22.3 Å². The number of halogens is 3. The molecule has 0 bridgehead atoms. The Kier molecular flexibility index (Phi) is 5.56. The summed E-state index contributed by atoms with van der Waals surface area (Å²) in [6.07, 6.45) is -0.996. The van der Waals surface area contributed by atoms with Gasteiger partial charge < -0.3 is 4.52 Å². The molecule has 0 atom stereocenters. The zero-order chi connectivity index (χ0) is 23.9. The van der Waals surface area contributed by atoms with Crippen molar-refractivity contribution in [1.82, 2.24) is 24.4 Å². The lowest BCUT2D eigenvalue weighted by Crippen LogP contribution is -2.38. The van der Waals surface area contributed by atoms with Crippen molar-refractivity contribution < 1.29 is 26.1 Å². The average molecular weight is 489 g/mol. The Labute approximate surface area is 192 Å². The predicted octanol–water partition coefficient (Wildman–Crippen LogP) is 4.27. The lowest BCUT2D eigenvalue weighted by molar-refractivity contribution is -0.141. The molecule has 4 aromatic rings. The summed E-state index contributed by atoms with van der Waals surface area (Å²) in [6.45, 7) is 0.519. The molecule has 8 nitrogen and oxygen atoms in total. The maximum atomic E-state index is 13.3. The van der Waals surface area contributed by atoms with Crippen LogP contribution in [0.2, 0.25) is 0 Å². The average Bonchev–Trinajstić information content (AvgIpc) is 3.34. The predicted molar refractivity (Wildman–Crippen MR) is 115 cm³/mol. The van der Waals surface area contributed by atoms with Crippen LogP contribution in [0.4, 0.5) is 13.2 Å². The molecule has 34 heavy (non-hydrogen) atoms. The van der Waals surface area contributed by atoms with Gasteiger partial charge in [0.15, 0.2) is 0 Å². The first-order valence-electron chi connectivity index (χ1n) is 10.4. The van der Waals surface area contributed by atoms with Crippen molar-refractivity contribution in [3.8, 4) is 11.4 Å². The number of rotatable bonds is 4. The first kappa shape index (κ1) is 22.4. The summed E-state index contributed by atoms with van der Waals surface area (Å²) in [6, 6.07) is 10.7. The molecule has 1 aliphatic heterocycles. The van der Waals surface area contributed by atoms with Crippen LogP contribution >= 0.6 is 0 Å².